The van der Waals surface area contributed by atoms with Gasteiger partial charge in [-0.3, -0.25) is 14.9 Å². The first-order valence-corrected chi connectivity index (χ1v) is 5.19. The molecule has 5 nitrogen and oxygen atoms in total. The molecule has 0 unspecified atom stereocenters. The van der Waals surface area contributed by atoms with Crippen LogP contribution in [0.3, 0.4) is 0 Å². The summed E-state index contributed by atoms with van der Waals surface area (Å²) in [6, 6.07) is 5.33. The zero-order valence-corrected chi connectivity index (χ0v) is 9.43. The standard InChI is InChI=1S/C12H7F2NO4/c13-8-2-1-3-9(14)7(8)6-10(16)11-4-5-12(19-11)15(17)18/h1-5H,6H2. The molecular weight excluding hydrogens is 260 g/mol. The topological polar surface area (TPSA) is 73.3 Å². The van der Waals surface area contributed by atoms with Crippen LogP contribution >= 0.6 is 0 Å². The average molecular weight is 267 g/mol. The van der Waals surface area contributed by atoms with Crippen LogP contribution in [0.5, 0.6) is 0 Å². The monoisotopic (exact) mass is 267 g/mol. The summed E-state index contributed by atoms with van der Waals surface area (Å²) in [6.07, 6.45) is -0.566. The van der Waals surface area contributed by atoms with Gasteiger partial charge >= 0.3 is 5.88 Å². The Labute approximate surface area is 105 Å². The summed E-state index contributed by atoms with van der Waals surface area (Å²) in [5.41, 5.74) is -0.397. The van der Waals surface area contributed by atoms with Gasteiger partial charge in [0.2, 0.25) is 5.78 Å². The number of hydrogen-bond donors (Lipinski definition) is 0. The number of carbonyl (C=O) groups excluding carboxylic acids is 1. The van der Waals surface area contributed by atoms with E-state index in [0.717, 1.165) is 24.3 Å². The van der Waals surface area contributed by atoms with Crippen molar-refractivity contribution < 1.29 is 22.9 Å². The van der Waals surface area contributed by atoms with Crippen molar-refractivity contribution in [3.05, 3.63) is 63.4 Å². The molecule has 0 bridgehead atoms. The van der Waals surface area contributed by atoms with E-state index in [1.165, 1.54) is 6.07 Å². The molecule has 0 amide bonds. The summed E-state index contributed by atoms with van der Waals surface area (Å²) in [6.45, 7) is 0. The molecule has 0 aliphatic carbocycles. The summed E-state index contributed by atoms with van der Waals surface area (Å²) in [5.74, 6) is -3.35. The number of ketones is 1. The molecule has 0 saturated carbocycles. The number of furan rings is 1. The Kier molecular flexibility index (Phi) is 3.37. The minimum absolute atomic E-state index is 0.311. The highest BCUT2D eigenvalue weighted by atomic mass is 19.1. The highest BCUT2D eigenvalue weighted by Gasteiger charge is 2.20. The summed E-state index contributed by atoms with van der Waals surface area (Å²) in [4.78, 5) is 21.3. The van der Waals surface area contributed by atoms with Gasteiger partial charge in [0.15, 0.2) is 5.76 Å². The third kappa shape index (κ3) is 2.65. The Morgan fingerprint density at radius 1 is 1.21 bits per heavy atom. The number of nitrogens with zero attached hydrogens (tertiary/aromatic N) is 1. The van der Waals surface area contributed by atoms with Gasteiger partial charge in [0.1, 0.15) is 16.6 Å². The van der Waals surface area contributed by atoms with Crippen LogP contribution in [-0.4, -0.2) is 10.7 Å². The van der Waals surface area contributed by atoms with Crippen molar-refractivity contribution in [1.29, 1.82) is 0 Å². The fourth-order valence-corrected chi connectivity index (χ4v) is 1.52. The average Bonchev–Trinajstić information content (AvgIpc) is 2.83. The molecule has 2 rings (SSSR count). The van der Waals surface area contributed by atoms with Crippen molar-refractivity contribution in [1.82, 2.24) is 0 Å². The van der Waals surface area contributed by atoms with Gasteiger partial charge in [-0.25, -0.2) is 8.78 Å². The van der Waals surface area contributed by atoms with E-state index in [1.807, 2.05) is 0 Å². The van der Waals surface area contributed by atoms with Crippen molar-refractivity contribution in [3.63, 3.8) is 0 Å². The zero-order valence-electron chi connectivity index (χ0n) is 9.43. The van der Waals surface area contributed by atoms with E-state index < -0.39 is 40.2 Å². The molecule has 0 aliphatic heterocycles. The van der Waals surface area contributed by atoms with Crippen molar-refractivity contribution >= 4 is 11.7 Å². The third-order valence-electron chi connectivity index (χ3n) is 2.45. The summed E-state index contributed by atoms with van der Waals surface area (Å²) in [7, 11) is 0. The summed E-state index contributed by atoms with van der Waals surface area (Å²) < 4.78 is 31.3. The maximum Gasteiger partial charge on any atom is 0.433 e. The van der Waals surface area contributed by atoms with Crippen LogP contribution in [0.25, 0.3) is 0 Å². The number of rotatable bonds is 4. The normalized spacial score (nSPS) is 10.4. The summed E-state index contributed by atoms with van der Waals surface area (Å²) in [5, 5.41) is 10.4. The lowest BCUT2D eigenvalue weighted by Crippen LogP contribution is -2.06. The molecule has 0 fully saturated rings. The Morgan fingerprint density at radius 3 is 2.37 bits per heavy atom. The molecule has 98 valence electrons. The van der Waals surface area contributed by atoms with Gasteiger partial charge in [0, 0.05) is 12.0 Å². The van der Waals surface area contributed by atoms with Gasteiger partial charge in [0.05, 0.1) is 6.07 Å². The van der Waals surface area contributed by atoms with E-state index in [4.69, 9.17) is 0 Å². The van der Waals surface area contributed by atoms with Crippen LogP contribution in [-0.2, 0) is 6.42 Å². The third-order valence-corrected chi connectivity index (χ3v) is 2.45. The Morgan fingerprint density at radius 2 is 1.84 bits per heavy atom. The van der Waals surface area contributed by atoms with E-state index in [-0.39, 0.29) is 5.76 Å². The Hall–Kier alpha value is -2.57. The molecule has 0 N–H and O–H groups in total. The highest BCUT2D eigenvalue weighted by molar-refractivity contribution is 5.95. The number of hydrogen-bond acceptors (Lipinski definition) is 4. The minimum Gasteiger partial charge on any atom is -0.397 e. The van der Waals surface area contributed by atoms with E-state index >= 15 is 0 Å². The SMILES string of the molecule is O=C(Cc1c(F)cccc1F)c1ccc([N+](=O)[O-])o1. The van der Waals surface area contributed by atoms with Crippen LogP contribution in [0.2, 0.25) is 0 Å². The highest BCUT2D eigenvalue weighted by Crippen LogP contribution is 2.19. The summed E-state index contributed by atoms with van der Waals surface area (Å²) >= 11 is 0. The van der Waals surface area contributed by atoms with E-state index in [9.17, 15) is 23.7 Å². The maximum absolute atomic E-state index is 13.3. The lowest BCUT2D eigenvalue weighted by atomic mass is 10.1. The maximum atomic E-state index is 13.3. The lowest BCUT2D eigenvalue weighted by Gasteiger charge is -2.02. The van der Waals surface area contributed by atoms with E-state index in [1.54, 1.807) is 0 Å². The molecule has 1 aromatic carbocycles. The smallest absolute Gasteiger partial charge is 0.397 e. The molecule has 0 spiro atoms. The second kappa shape index (κ2) is 4.97. The van der Waals surface area contributed by atoms with Gasteiger partial charge < -0.3 is 4.42 Å². The Balaban J connectivity index is 2.23. The molecule has 1 heterocycles. The van der Waals surface area contributed by atoms with Crippen LogP contribution < -0.4 is 0 Å². The zero-order chi connectivity index (χ0) is 14.0. The number of nitro groups is 1. The number of Topliss-reactive ketones (excluding diaryl/α,β-unsaturated/α-hetero) is 1. The van der Waals surface area contributed by atoms with Crippen molar-refractivity contribution in [3.8, 4) is 0 Å². The van der Waals surface area contributed by atoms with Gasteiger partial charge in [-0.2, -0.15) is 0 Å². The quantitative estimate of drug-likeness (QED) is 0.485. The molecule has 19 heavy (non-hydrogen) atoms. The predicted molar refractivity (Wildman–Crippen MR) is 59.8 cm³/mol. The fourth-order valence-electron chi connectivity index (χ4n) is 1.52. The first-order chi connectivity index (χ1) is 8.99. The van der Waals surface area contributed by atoms with E-state index in [0.29, 0.717) is 0 Å². The largest absolute Gasteiger partial charge is 0.433 e. The number of carbonyl (C=O) groups is 1. The number of halogens is 2. The van der Waals surface area contributed by atoms with Crippen molar-refractivity contribution in [2.45, 2.75) is 6.42 Å². The van der Waals surface area contributed by atoms with E-state index in [2.05, 4.69) is 4.42 Å². The van der Waals surface area contributed by atoms with Crippen molar-refractivity contribution in [2.24, 2.45) is 0 Å². The van der Waals surface area contributed by atoms with Gasteiger partial charge in [0.25, 0.3) is 0 Å². The van der Waals surface area contributed by atoms with Crippen LogP contribution in [0.1, 0.15) is 16.1 Å². The lowest BCUT2D eigenvalue weighted by molar-refractivity contribution is -0.402. The van der Waals surface area contributed by atoms with Gasteiger partial charge in [-0.15, -0.1) is 0 Å². The van der Waals surface area contributed by atoms with Gasteiger partial charge in [-0.1, -0.05) is 6.07 Å². The molecule has 7 heteroatoms. The predicted octanol–water partition coefficient (Wildman–Crippen LogP) is 2.89. The molecule has 2 aromatic rings. The second-order valence-electron chi connectivity index (χ2n) is 3.70. The first-order valence-electron chi connectivity index (χ1n) is 5.19. The Bertz CT molecular complexity index is 631. The fraction of sp³-hybridized carbons (Fsp3) is 0.0833. The van der Waals surface area contributed by atoms with Crippen molar-refractivity contribution in [2.75, 3.05) is 0 Å². The molecule has 0 atom stereocenters. The van der Waals surface area contributed by atoms with Gasteiger partial charge in [-0.05, 0) is 18.2 Å². The second-order valence-corrected chi connectivity index (χ2v) is 3.70. The molecular formula is C12H7F2NO4. The number of benzene rings is 1. The first kappa shape index (κ1) is 12.9. The van der Waals surface area contributed by atoms with Crippen LogP contribution in [0.4, 0.5) is 14.7 Å². The van der Waals surface area contributed by atoms with Crippen LogP contribution in [0.15, 0.2) is 34.7 Å². The molecule has 0 radical (unpaired) electrons. The molecule has 1 aromatic heterocycles. The minimum atomic E-state index is -0.852. The molecule has 0 saturated heterocycles. The molecule has 0 aliphatic rings. The van der Waals surface area contributed by atoms with Crippen LogP contribution in [0, 0.1) is 21.7 Å².